The highest BCUT2D eigenvalue weighted by Gasteiger charge is 2.06. The Kier molecular flexibility index (Phi) is 1.67. The molecule has 0 atom stereocenters. The number of amidine groups is 1. The summed E-state index contributed by atoms with van der Waals surface area (Å²) in [6, 6.07) is 0. The highest BCUT2D eigenvalue weighted by Crippen LogP contribution is 1.93. The number of rotatable bonds is 1. The van der Waals surface area contributed by atoms with Gasteiger partial charge in [0.05, 0.1) is 6.54 Å². The van der Waals surface area contributed by atoms with E-state index < -0.39 is 0 Å². The normalized spacial score (nSPS) is 21.8. The molecular formula is C7H12N4. The van der Waals surface area contributed by atoms with Gasteiger partial charge in [0.15, 0.2) is 0 Å². The van der Waals surface area contributed by atoms with Crippen LogP contribution in [0.3, 0.4) is 0 Å². The molecule has 1 fully saturated rings. The maximum absolute atomic E-state index is 4.25. The van der Waals surface area contributed by atoms with Crippen molar-refractivity contribution in [2.75, 3.05) is 26.2 Å². The summed E-state index contributed by atoms with van der Waals surface area (Å²) in [7, 11) is 0. The first kappa shape index (κ1) is 6.52. The van der Waals surface area contributed by atoms with Crippen molar-refractivity contribution in [1.29, 1.82) is 0 Å². The molecule has 0 aromatic heterocycles. The van der Waals surface area contributed by atoms with Crippen molar-refractivity contribution in [3.8, 4) is 0 Å². The Bertz CT molecular complexity index is 198. The highest BCUT2D eigenvalue weighted by atomic mass is 15.2. The summed E-state index contributed by atoms with van der Waals surface area (Å²) in [4.78, 5) is 4.25. The van der Waals surface area contributed by atoms with E-state index in [1.54, 1.807) is 0 Å². The van der Waals surface area contributed by atoms with E-state index in [-0.39, 0.29) is 0 Å². The van der Waals surface area contributed by atoms with E-state index in [0.717, 1.165) is 37.8 Å². The average molecular weight is 152 g/mol. The van der Waals surface area contributed by atoms with Crippen LogP contribution in [-0.4, -0.2) is 32.0 Å². The van der Waals surface area contributed by atoms with Gasteiger partial charge in [-0.3, -0.25) is 4.99 Å². The van der Waals surface area contributed by atoms with Crippen LogP contribution < -0.4 is 16.0 Å². The predicted octanol–water partition coefficient (Wildman–Crippen LogP) is -0.978. The van der Waals surface area contributed by atoms with Gasteiger partial charge in [-0.1, -0.05) is 0 Å². The van der Waals surface area contributed by atoms with Crippen LogP contribution in [0, 0.1) is 0 Å². The van der Waals surface area contributed by atoms with E-state index in [2.05, 4.69) is 20.9 Å². The Labute approximate surface area is 65.8 Å². The van der Waals surface area contributed by atoms with Gasteiger partial charge in [0.25, 0.3) is 0 Å². The molecule has 0 aromatic carbocycles. The first-order valence-electron chi connectivity index (χ1n) is 3.93. The molecule has 0 radical (unpaired) electrons. The van der Waals surface area contributed by atoms with Crippen LogP contribution in [0.4, 0.5) is 0 Å². The van der Waals surface area contributed by atoms with E-state index in [1.165, 1.54) is 0 Å². The largest absolute Gasteiger partial charge is 0.370 e. The summed E-state index contributed by atoms with van der Waals surface area (Å²) in [5.41, 5.74) is 0. The van der Waals surface area contributed by atoms with Crippen LogP contribution in [0.1, 0.15) is 0 Å². The van der Waals surface area contributed by atoms with E-state index in [9.17, 15) is 0 Å². The summed E-state index contributed by atoms with van der Waals surface area (Å²) in [6.07, 6.45) is 2.01. The molecule has 4 nitrogen and oxygen atoms in total. The molecule has 0 saturated carbocycles. The lowest BCUT2D eigenvalue weighted by molar-refractivity contribution is 0.942. The Morgan fingerprint density at radius 2 is 1.91 bits per heavy atom. The van der Waals surface area contributed by atoms with Crippen molar-refractivity contribution in [2.45, 2.75) is 0 Å². The molecule has 1 saturated heterocycles. The van der Waals surface area contributed by atoms with E-state index in [4.69, 9.17) is 0 Å². The van der Waals surface area contributed by atoms with Crippen molar-refractivity contribution in [3.05, 3.63) is 11.9 Å². The van der Waals surface area contributed by atoms with Gasteiger partial charge in [0.1, 0.15) is 11.7 Å². The highest BCUT2D eigenvalue weighted by molar-refractivity contribution is 5.94. The summed E-state index contributed by atoms with van der Waals surface area (Å²) >= 11 is 0. The maximum Gasteiger partial charge on any atom is 0.124 e. The number of hydrogen-bond donors (Lipinski definition) is 3. The molecule has 4 heteroatoms. The topological polar surface area (TPSA) is 48.5 Å². The van der Waals surface area contributed by atoms with Gasteiger partial charge in [0.2, 0.25) is 0 Å². The molecule has 2 rings (SSSR count). The van der Waals surface area contributed by atoms with Gasteiger partial charge in [-0.05, 0) is 0 Å². The zero-order valence-corrected chi connectivity index (χ0v) is 6.35. The molecule has 0 unspecified atom stereocenters. The molecule has 2 aliphatic rings. The van der Waals surface area contributed by atoms with Crippen LogP contribution in [0.15, 0.2) is 16.9 Å². The Morgan fingerprint density at radius 3 is 2.55 bits per heavy atom. The van der Waals surface area contributed by atoms with Crippen molar-refractivity contribution >= 4 is 5.84 Å². The molecule has 60 valence electrons. The van der Waals surface area contributed by atoms with Gasteiger partial charge in [-0.15, -0.1) is 0 Å². The predicted molar refractivity (Wildman–Crippen MR) is 44.4 cm³/mol. The lowest BCUT2D eigenvalue weighted by atomic mass is 10.5. The number of nitrogens with one attached hydrogen (secondary N) is 3. The Balaban J connectivity index is 2.00. The third-order valence-corrected chi connectivity index (χ3v) is 1.74. The third kappa shape index (κ3) is 1.45. The molecule has 0 amide bonds. The average Bonchev–Trinajstić information content (AvgIpc) is 2.60. The van der Waals surface area contributed by atoms with Crippen LogP contribution in [0.25, 0.3) is 0 Å². The fourth-order valence-electron chi connectivity index (χ4n) is 1.21. The molecule has 0 bridgehead atoms. The molecule has 2 heterocycles. The molecule has 3 N–H and O–H groups in total. The monoisotopic (exact) mass is 152 g/mol. The fraction of sp³-hybridized carbons (Fsp3) is 0.571. The molecular weight excluding hydrogens is 140 g/mol. The summed E-state index contributed by atoms with van der Waals surface area (Å²) in [6.45, 7) is 3.90. The number of nitrogens with zero attached hydrogens (tertiary/aromatic N) is 1. The van der Waals surface area contributed by atoms with Gasteiger partial charge in [-0.25, -0.2) is 0 Å². The van der Waals surface area contributed by atoms with Gasteiger partial charge in [0, 0.05) is 25.7 Å². The van der Waals surface area contributed by atoms with E-state index in [1.807, 2.05) is 6.08 Å². The van der Waals surface area contributed by atoms with Crippen LogP contribution in [-0.2, 0) is 0 Å². The zero-order valence-electron chi connectivity index (χ0n) is 6.35. The van der Waals surface area contributed by atoms with Crippen LogP contribution in [0.5, 0.6) is 0 Å². The summed E-state index contributed by atoms with van der Waals surface area (Å²) in [5, 5.41) is 9.60. The van der Waals surface area contributed by atoms with Crippen LogP contribution >= 0.6 is 0 Å². The fourth-order valence-corrected chi connectivity index (χ4v) is 1.21. The second-order valence-corrected chi connectivity index (χ2v) is 2.61. The minimum absolute atomic E-state index is 0.902. The minimum Gasteiger partial charge on any atom is -0.370 e. The summed E-state index contributed by atoms with van der Waals surface area (Å²) < 4.78 is 0. The lowest BCUT2D eigenvalue weighted by Crippen LogP contribution is -2.20. The maximum atomic E-state index is 4.25. The van der Waals surface area contributed by atoms with Crippen molar-refractivity contribution in [3.63, 3.8) is 0 Å². The first-order chi connectivity index (χ1) is 5.45. The third-order valence-electron chi connectivity index (χ3n) is 1.74. The van der Waals surface area contributed by atoms with Crippen molar-refractivity contribution in [2.24, 2.45) is 4.99 Å². The molecule has 11 heavy (non-hydrogen) atoms. The standard InChI is InChI=1S/C7H12N4/c1-2-9-6(8-1)5-7-10-3-4-11-7/h5,8-9H,1-4H2,(H,10,11). The second-order valence-electron chi connectivity index (χ2n) is 2.61. The molecule has 0 aromatic rings. The molecule has 0 spiro atoms. The van der Waals surface area contributed by atoms with Crippen molar-refractivity contribution in [1.82, 2.24) is 16.0 Å². The minimum atomic E-state index is 0.902. The molecule has 0 aliphatic carbocycles. The zero-order chi connectivity index (χ0) is 7.52. The van der Waals surface area contributed by atoms with Gasteiger partial charge < -0.3 is 16.0 Å². The quantitative estimate of drug-likeness (QED) is 0.453. The van der Waals surface area contributed by atoms with Crippen LogP contribution in [0.2, 0.25) is 0 Å². The van der Waals surface area contributed by atoms with Gasteiger partial charge >= 0.3 is 0 Å². The Hall–Kier alpha value is -1.19. The van der Waals surface area contributed by atoms with E-state index in [0.29, 0.717) is 0 Å². The SMILES string of the molecule is C(=C1NCCN1)C1=NCCN1. The van der Waals surface area contributed by atoms with E-state index >= 15 is 0 Å². The first-order valence-corrected chi connectivity index (χ1v) is 3.93. The lowest BCUT2D eigenvalue weighted by Gasteiger charge is -1.99. The smallest absolute Gasteiger partial charge is 0.124 e. The Morgan fingerprint density at radius 1 is 1.09 bits per heavy atom. The second kappa shape index (κ2) is 2.82. The van der Waals surface area contributed by atoms with Gasteiger partial charge in [-0.2, -0.15) is 0 Å². The summed E-state index contributed by atoms with van der Waals surface area (Å²) in [5.74, 6) is 2.07. The van der Waals surface area contributed by atoms with Crippen molar-refractivity contribution < 1.29 is 0 Å². The number of hydrogen-bond acceptors (Lipinski definition) is 4. The molecule has 2 aliphatic heterocycles. The number of aliphatic imine (C=N–C) groups is 1.